The summed E-state index contributed by atoms with van der Waals surface area (Å²) < 4.78 is 34.4. The number of halogens is 3. The highest BCUT2D eigenvalue weighted by atomic mass is 35.5. The molecule has 0 spiro atoms. The Hall–Kier alpha value is -3.11. The maximum atomic E-state index is 12.5. The molecule has 27 heavy (non-hydrogen) atoms. The number of alkyl halides is 2. The highest BCUT2D eigenvalue weighted by Crippen LogP contribution is 2.30. The summed E-state index contributed by atoms with van der Waals surface area (Å²) in [7, 11) is 1.31. The van der Waals surface area contributed by atoms with E-state index in [1.165, 1.54) is 31.4 Å². The first-order valence-electron chi connectivity index (χ1n) is 7.66. The number of amides is 1. The predicted octanol–water partition coefficient (Wildman–Crippen LogP) is 4.80. The molecule has 5 nitrogen and oxygen atoms in total. The largest absolute Gasteiger partial charge is 0.493 e. The Morgan fingerprint density at radius 1 is 1.26 bits per heavy atom. The Kier molecular flexibility index (Phi) is 6.74. The number of methoxy groups -OCH3 is 1. The van der Waals surface area contributed by atoms with Gasteiger partial charge in [-0.3, -0.25) is 4.79 Å². The van der Waals surface area contributed by atoms with Crippen molar-refractivity contribution in [3.8, 4) is 17.6 Å². The molecular weight excluding hydrogens is 378 g/mol. The van der Waals surface area contributed by atoms with E-state index in [0.717, 1.165) is 5.56 Å². The second-order valence-electron chi connectivity index (χ2n) is 5.37. The zero-order valence-electron chi connectivity index (χ0n) is 14.4. The van der Waals surface area contributed by atoms with Gasteiger partial charge in [0.25, 0.3) is 5.91 Å². The number of ether oxygens (including phenoxy) is 2. The Labute approximate surface area is 159 Å². The van der Waals surface area contributed by atoms with Crippen LogP contribution in [-0.2, 0) is 4.79 Å². The first kappa shape index (κ1) is 20.2. The molecular formula is C19H15ClF2N2O3. The van der Waals surface area contributed by atoms with E-state index in [1.54, 1.807) is 31.2 Å². The van der Waals surface area contributed by atoms with Crippen LogP contribution >= 0.6 is 11.6 Å². The van der Waals surface area contributed by atoms with E-state index < -0.39 is 12.5 Å². The van der Waals surface area contributed by atoms with Gasteiger partial charge < -0.3 is 14.8 Å². The van der Waals surface area contributed by atoms with Gasteiger partial charge in [0.2, 0.25) is 0 Å². The summed E-state index contributed by atoms with van der Waals surface area (Å²) in [5.74, 6) is -0.760. The molecule has 2 rings (SSSR count). The minimum atomic E-state index is -3.04. The lowest BCUT2D eigenvalue weighted by Crippen LogP contribution is -2.14. The van der Waals surface area contributed by atoms with Crippen LogP contribution in [0.3, 0.4) is 0 Å². The molecule has 0 aliphatic rings. The van der Waals surface area contributed by atoms with Gasteiger partial charge in [-0.05, 0) is 48.4 Å². The standard InChI is InChI=1S/C19H15ClF2N2O3/c1-11-3-5-14(20)9-15(11)24-18(25)13(10-23)7-12-4-6-16(26-2)17(8-12)27-19(21)22/h3-9,19H,1-2H3,(H,24,25)/b13-7+. The first-order valence-corrected chi connectivity index (χ1v) is 8.04. The molecule has 0 saturated heterocycles. The lowest BCUT2D eigenvalue weighted by molar-refractivity contribution is -0.112. The molecule has 0 bridgehead atoms. The Morgan fingerprint density at radius 3 is 2.63 bits per heavy atom. The zero-order chi connectivity index (χ0) is 20.0. The third-order valence-corrected chi connectivity index (χ3v) is 3.76. The Morgan fingerprint density at radius 2 is 2.00 bits per heavy atom. The van der Waals surface area contributed by atoms with E-state index in [1.807, 2.05) is 0 Å². The molecule has 8 heteroatoms. The monoisotopic (exact) mass is 392 g/mol. The van der Waals surface area contributed by atoms with Crippen molar-refractivity contribution in [1.29, 1.82) is 5.26 Å². The molecule has 0 aromatic heterocycles. The van der Waals surface area contributed by atoms with Gasteiger partial charge in [0.1, 0.15) is 11.6 Å². The van der Waals surface area contributed by atoms with Crippen molar-refractivity contribution >= 4 is 29.3 Å². The van der Waals surface area contributed by atoms with Crippen LogP contribution in [-0.4, -0.2) is 19.6 Å². The SMILES string of the molecule is COc1ccc(/C=C(\C#N)C(=O)Nc2cc(Cl)ccc2C)cc1OC(F)F. The highest BCUT2D eigenvalue weighted by molar-refractivity contribution is 6.31. The van der Waals surface area contributed by atoms with E-state index in [2.05, 4.69) is 10.1 Å². The van der Waals surface area contributed by atoms with Crippen molar-refractivity contribution in [2.75, 3.05) is 12.4 Å². The number of benzene rings is 2. The number of aryl methyl sites for hydroxylation is 1. The van der Waals surface area contributed by atoms with Crippen LogP contribution in [0.5, 0.6) is 11.5 Å². The summed E-state index contributed by atoms with van der Waals surface area (Å²) >= 11 is 5.91. The molecule has 0 heterocycles. The summed E-state index contributed by atoms with van der Waals surface area (Å²) in [5.41, 5.74) is 1.33. The molecule has 2 aromatic carbocycles. The normalized spacial score (nSPS) is 11.1. The molecule has 0 radical (unpaired) electrons. The molecule has 0 atom stereocenters. The van der Waals surface area contributed by atoms with Crippen LogP contribution in [0.1, 0.15) is 11.1 Å². The average molecular weight is 393 g/mol. The van der Waals surface area contributed by atoms with Crippen LogP contribution in [0, 0.1) is 18.3 Å². The minimum absolute atomic E-state index is 0.102. The van der Waals surface area contributed by atoms with Gasteiger partial charge in [-0.25, -0.2) is 0 Å². The fourth-order valence-electron chi connectivity index (χ4n) is 2.20. The summed E-state index contributed by atoms with van der Waals surface area (Å²) in [6, 6.07) is 10.9. The fourth-order valence-corrected chi connectivity index (χ4v) is 2.38. The molecule has 0 saturated carbocycles. The van der Waals surface area contributed by atoms with Crippen molar-refractivity contribution in [3.05, 3.63) is 58.1 Å². The van der Waals surface area contributed by atoms with Gasteiger partial charge in [0, 0.05) is 10.7 Å². The third kappa shape index (κ3) is 5.43. The maximum absolute atomic E-state index is 12.5. The van der Waals surface area contributed by atoms with E-state index in [0.29, 0.717) is 16.3 Å². The van der Waals surface area contributed by atoms with Crippen molar-refractivity contribution in [2.24, 2.45) is 0 Å². The number of rotatable bonds is 6. The van der Waals surface area contributed by atoms with Crippen molar-refractivity contribution in [2.45, 2.75) is 13.5 Å². The highest BCUT2D eigenvalue weighted by Gasteiger charge is 2.14. The first-order chi connectivity index (χ1) is 12.8. The van der Waals surface area contributed by atoms with E-state index in [9.17, 15) is 18.8 Å². The van der Waals surface area contributed by atoms with Gasteiger partial charge in [-0.15, -0.1) is 0 Å². The number of anilines is 1. The molecule has 0 fully saturated rings. The van der Waals surface area contributed by atoms with Crippen molar-refractivity contribution in [1.82, 2.24) is 0 Å². The van der Waals surface area contributed by atoms with Crippen molar-refractivity contribution < 1.29 is 23.0 Å². The molecule has 1 amide bonds. The zero-order valence-corrected chi connectivity index (χ0v) is 15.2. The third-order valence-electron chi connectivity index (χ3n) is 3.53. The molecule has 0 aliphatic carbocycles. The number of hydrogen-bond donors (Lipinski definition) is 1. The van der Waals surface area contributed by atoms with E-state index in [4.69, 9.17) is 16.3 Å². The van der Waals surface area contributed by atoms with Crippen LogP contribution in [0.25, 0.3) is 6.08 Å². The van der Waals surface area contributed by atoms with Gasteiger partial charge >= 0.3 is 6.61 Å². The van der Waals surface area contributed by atoms with Crippen molar-refractivity contribution in [3.63, 3.8) is 0 Å². The van der Waals surface area contributed by atoms with Crippen LogP contribution < -0.4 is 14.8 Å². The van der Waals surface area contributed by atoms with Gasteiger partial charge in [0.05, 0.1) is 7.11 Å². The minimum Gasteiger partial charge on any atom is -0.493 e. The van der Waals surface area contributed by atoms with Crippen LogP contribution in [0.15, 0.2) is 42.0 Å². The molecule has 2 aromatic rings. The summed E-state index contributed by atoms with van der Waals surface area (Å²) in [6.45, 7) is -1.26. The lowest BCUT2D eigenvalue weighted by Gasteiger charge is -2.11. The second-order valence-corrected chi connectivity index (χ2v) is 5.81. The number of nitrogens with one attached hydrogen (secondary N) is 1. The Bertz CT molecular complexity index is 924. The maximum Gasteiger partial charge on any atom is 0.387 e. The summed E-state index contributed by atoms with van der Waals surface area (Å²) in [6.07, 6.45) is 1.26. The fraction of sp³-hybridized carbons (Fsp3) is 0.158. The van der Waals surface area contributed by atoms with Crippen LogP contribution in [0.4, 0.5) is 14.5 Å². The van der Waals surface area contributed by atoms with E-state index in [-0.39, 0.29) is 17.1 Å². The Balaban J connectivity index is 2.31. The quantitative estimate of drug-likeness (QED) is 0.566. The van der Waals surface area contributed by atoms with E-state index >= 15 is 0 Å². The number of nitrogens with zero attached hydrogens (tertiary/aromatic N) is 1. The molecule has 0 aliphatic heterocycles. The molecule has 1 N–H and O–H groups in total. The van der Waals surface area contributed by atoms with Crippen LogP contribution in [0.2, 0.25) is 5.02 Å². The van der Waals surface area contributed by atoms with Gasteiger partial charge in [0.15, 0.2) is 11.5 Å². The number of carbonyl (C=O) groups excluding carboxylic acids is 1. The smallest absolute Gasteiger partial charge is 0.387 e. The van der Waals surface area contributed by atoms with Gasteiger partial charge in [-0.2, -0.15) is 14.0 Å². The number of nitriles is 1. The summed E-state index contributed by atoms with van der Waals surface area (Å²) in [5, 5.41) is 12.3. The second kappa shape index (κ2) is 9.01. The number of hydrogen-bond acceptors (Lipinski definition) is 4. The molecule has 0 unspecified atom stereocenters. The topological polar surface area (TPSA) is 71.3 Å². The predicted molar refractivity (Wildman–Crippen MR) is 98.0 cm³/mol. The average Bonchev–Trinajstić information content (AvgIpc) is 2.62. The summed E-state index contributed by atoms with van der Waals surface area (Å²) in [4.78, 5) is 12.4. The van der Waals surface area contributed by atoms with Gasteiger partial charge in [-0.1, -0.05) is 23.7 Å². The lowest BCUT2D eigenvalue weighted by atomic mass is 10.1. The number of carbonyl (C=O) groups is 1. The molecule has 140 valence electrons.